The van der Waals surface area contributed by atoms with Gasteiger partial charge in [-0.3, -0.25) is 9.48 Å². The molecule has 0 bridgehead atoms. The van der Waals surface area contributed by atoms with Gasteiger partial charge in [-0.2, -0.15) is 5.10 Å². The van der Waals surface area contributed by atoms with Crippen LogP contribution in [0.15, 0.2) is 6.20 Å². The van der Waals surface area contributed by atoms with Gasteiger partial charge in [-0.1, -0.05) is 19.8 Å². The fourth-order valence-corrected chi connectivity index (χ4v) is 4.40. The molecule has 5 nitrogen and oxygen atoms in total. The Morgan fingerprint density at radius 1 is 1.40 bits per heavy atom. The minimum atomic E-state index is -0.496. The average molecular weight is 276 g/mol. The number of aromatic nitrogens is 2. The number of rotatable bonds is 2. The van der Waals surface area contributed by atoms with Crippen molar-refractivity contribution >= 4 is 11.7 Å². The van der Waals surface area contributed by atoms with E-state index in [4.69, 9.17) is 11.5 Å². The molecule has 1 aromatic rings. The van der Waals surface area contributed by atoms with Gasteiger partial charge in [-0.05, 0) is 43.4 Å². The molecule has 2 fully saturated rings. The van der Waals surface area contributed by atoms with Gasteiger partial charge >= 0.3 is 0 Å². The molecule has 3 rings (SSSR count). The quantitative estimate of drug-likeness (QED) is 0.870. The molecule has 1 aromatic heterocycles. The maximum absolute atomic E-state index is 11.3. The third-order valence-electron chi connectivity index (χ3n) is 5.41. The second-order valence-corrected chi connectivity index (χ2v) is 6.77. The topological polar surface area (TPSA) is 86.9 Å². The highest BCUT2D eigenvalue weighted by molar-refractivity contribution is 5.96. The smallest absolute Gasteiger partial charge is 0.254 e. The molecule has 2 aliphatic carbocycles. The van der Waals surface area contributed by atoms with Gasteiger partial charge in [0.1, 0.15) is 5.56 Å². The van der Waals surface area contributed by atoms with E-state index in [2.05, 4.69) is 12.0 Å². The highest BCUT2D eigenvalue weighted by Gasteiger charge is 2.41. The Labute approximate surface area is 119 Å². The zero-order chi connectivity index (χ0) is 14.3. The van der Waals surface area contributed by atoms with Crippen LogP contribution in [0, 0.1) is 11.3 Å². The largest absolute Gasteiger partial charge is 0.382 e. The number of primary amides is 1. The molecule has 2 aliphatic rings. The Kier molecular flexibility index (Phi) is 3.22. The summed E-state index contributed by atoms with van der Waals surface area (Å²) in [5.74, 6) is 0.331. The highest BCUT2D eigenvalue weighted by atomic mass is 16.1. The molecule has 1 heterocycles. The summed E-state index contributed by atoms with van der Waals surface area (Å²) < 4.78 is 1.88. The van der Waals surface area contributed by atoms with E-state index in [-0.39, 0.29) is 5.82 Å². The molecule has 0 saturated heterocycles. The summed E-state index contributed by atoms with van der Waals surface area (Å²) in [7, 11) is 0. The van der Waals surface area contributed by atoms with Crippen molar-refractivity contribution in [3.63, 3.8) is 0 Å². The van der Waals surface area contributed by atoms with Crippen molar-refractivity contribution in [2.24, 2.45) is 17.1 Å². The molecule has 4 N–H and O–H groups in total. The van der Waals surface area contributed by atoms with Crippen LogP contribution in [0.5, 0.6) is 0 Å². The van der Waals surface area contributed by atoms with E-state index in [0.717, 1.165) is 6.42 Å². The van der Waals surface area contributed by atoms with Crippen LogP contribution in [0.2, 0.25) is 0 Å². The van der Waals surface area contributed by atoms with Crippen molar-refractivity contribution in [3.8, 4) is 0 Å². The summed E-state index contributed by atoms with van der Waals surface area (Å²) in [5, 5.41) is 4.31. The third kappa shape index (κ3) is 2.19. The SMILES string of the molecule is C[C@@H]1CC2(CCCC2)CC[C@H]1n1cc(C(N)=O)c(N)n1. The van der Waals surface area contributed by atoms with Crippen molar-refractivity contribution in [3.05, 3.63) is 11.8 Å². The molecule has 110 valence electrons. The van der Waals surface area contributed by atoms with E-state index in [1.807, 2.05) is 4.68 Å². The third-order valence-corrected chi connectivity index (χ3v) is 5.41. The Bertz CT molecular complexity index is 516. The lowest BCUT2D eigenvalue weighted by Crippen LogP contribution is -2.32. The van der Waals surface area contributed by atoms with Crippen molar-refractivity contribution in [1.29, 1.82) is 0 Å². The number of nitrogens with two attached hydrogens (primary N) is 2. The predicted molar refractivity (Wildman–Crippen MR) is 78.1 cm³/mol. The molecule has 0 aliphatic heterocycles. The number of carbonyl (C=O) groups is 1. The van der Waals surface area contributed by atoms with Crippen molar-refractivity contribution in [2.45, 2.75) is 57.9 Å². The Morgan fingerprint density at radius 2 is 2.10 bits per heavy atom. The van der Waals surface area contributed by atoms with Crippen LogP contribution < -0.4 is 11.5 Å². The summed E-state index contributed by atoms with van der Waals surface area (Å²) in [6, 6.07) is 0.344. The molecule has 20 heavy (non-hydrogen) atoms. The maximum Gasteiger partial charge on any atom is 0.254 e. The van der Waals surface area contributed by atoms with Crippen LogP contribution in [0.1, 0.15) is 68.3 Å². The highest BCUT2D eigenvalue weighted by Crippen LogP contribution is 2.53. The van der Waals surface area contributed by atoms with E-state index in [1.165, 1.54) is 38.5 Å². The molecule has 0 radical (unpaired) electrons. The summed E-state index contributed by atoms with van der Waals surface area (Å²) in [5.41, 5.74) is 12.0. The van der Waals surface area contributed by atoms with Gasteiger partial charge in [0, 0.05) is 6.20 Å². The Hall–Kier alpha value is -1.52. The lowest BCUT2D eigenvalue weighted by Gasteiger charge is -2.41. The number of nitrogen functional groups attached to an aromatic ring is 1. The van der Waals surface area contributed by atoms with Crippen molar-refractivity contribution < 1.29 is 4.79 Å². The summed E-state index contributed by atoms with van der Waals surface area (Å²) >= 11 is 0. The summed E-state index contributed by atoms with van der Waals surface area (Å²) in [6.45, 7) is 2.30. The standard InChI is InChI=1S/C15H24N4O/c1-10-8-15(5-2-3-6-15)7-4-12(10)19-9-11(14(17)20)13(16)18-19/h9-10,12H,2-8H2,1H3,(H2,16,18)(H2,17,20)/t10-,12-/m1/s1. The second-order valence-electron chi connectivity index (χ2n) is 6.77. The molecule has 2 atom stereocenters. The van der Waals surface area contributed by atoms with Crippen LogP contribution in [0.4, 0.5) is 5.82 Å². The fraction of sp³-hybridized carbons (Fsp3) is 0.733. The first-order valence-electron chi connectivity index (χ1n) is 7.65. The van der Waals surface area contributed by atoms with E-state index < -0.39 is 5.91 Å². The lowest BCUT2D eigenvalue weighted by molar-refractivity contribution is 0.0981. The van der Waals surface area contributed by atoms with Gasteiger partial charge < -0.3 is 11.5 Å². The zero-order valence-electron chi connectivity index (χ0n) is 12.1. The number of hydrogen-bond acceptors (Lipinski definition) is 3. The minimum Gasteiger partial charge on any atom is -0.382 e. The first-order valence-corrected chi connectivity index (χ1v) is 7.65. The summed E-state index contributed by atoms with van der Waals surface area (Å²) in [4.78, 5) is 11.3. The van der Waals surface area contributed by atoms with E-state index in [0.29, 0.717) is 22.9 Å². The molecular weight excluding hydrogens is 252 g/mol. The molecule has 1 amide bonds. The maximum atomic E-state index is 11.3. The number of hydrogen-bond donors (Lipinski definition) is 2. The van der Waals surface area contributed by atoms with Crippen LogP contribution in [0.3, 0.4) is 0 Å². The fourth-order valence-electron chi connectivity index (χ4n) is 4.40. The first kappa shape index (κ1) is 13.5. The van der Waals surface area contributed by atoms with Crippen LogP contribution in [-0.4, -0.2) is 15.7 Å². The van der Waals surface area contributed by atoms with Crippen LogP contribution in [-0.2, 0) is 0 Å². The van der Waals surface area contributed by atoms with Crippen molar-refractivity contribution in [2.75, 3.05) is 5.73 Å². The van der Waals surface area contributed by atoms with E-state index in [1.54, 1.807) is 6.20 Å². The second kappa shape index (κ2) is 4.79. The molecule has 2 saturated carbocycles. The number of carbonyl (C=O) groups excluding carboxylic acids is 1. The van der Waals surface area contributed by atoms with Gasteiger partial charge in [0.2, 0.25) is 0 Å². The minimum absolute atomic E-state index is 0.255. The van der Waals surface area contributed by atoms with Gasteiger partial charge in [0.05, 0.1) is 6.04 Å². The van der Waals surface area contributed by atoms with Gasteiger partial charge in [-0.25, -0.2) is 0 Å². The first-order chi connectivity index (χ1) is 9.51. The number of anilines is 1. The van der Waals surface area contributed by atoms with E-state index in [9.17, 15) is 4.79 Å². The van der Waals surface area contributed by atoms with Gasteiger partial charge in [-0.15, -0.1) is 0 Å². The molecule has 5 heteroatoms. The van der Waals surface area contributed by atoms with Crippen LogP contribution in [0.25, 0.3) is 0 Å². The normalized spacial score (nSPS) is 28.9. The molecule has 1 spiro atoms. The Balaban J connectivity index is 1.78. The van der Waals surface area contributed by atoms with Gasteiger partial charge in [0.25, 0.3) is 5.91 Å². The summed E-state index contributed by atoms with van der Waals surface area (Å²) in [6.07, 6.45) is 10.9. The monoisotopic (exact) mass is 276 g/mol. The molecule has 0 aromatic carbocycles. The molecular formula is C15H24N4O. The number of amides is 1. The van der Waals surface area contributed by atoms with Crippen molar-refractivity contribution in [1.82, 2.24) is 9.78 Å². The zero-order valence-corrected chi connectivity index (χ0v) is 12.1. The van der Waals surface area contributed by atoms with Crippen LogP contribution >= 0.6 is 0 Å². The number of nitrogens with zero attached hydrogens (tertiary/aromatic N) is 2. The lowest BCUT2D eigenvalue weighted by atomic mass is 9.67. The average Bonchev–Trinajstić information content (AvgIpc) is 2.97. The van der Waals surface area contributed by atoms with Gasteiger partial charge in [0.15, 0.2) is 5.82 Å². The predicted octanol–water partition coefficient (Wildman–Crippen LogP) is 2.49. The molecule has 0 unspecified atom stereocenters. The Morgan fingerprint density at radius 3 is 2.65 bits per heavy atom. The van der Waals surface area contributed by atoms with E-state index >= 15 is 0 Å².